The van der Waals surface area contributed by atoms with Crippen molar-refractivity contribution in [3.63, 3.8) is 0 Å². The highest BCUT2D eigenvalue weighted by Crippen LogP contribution is 2.29. The van der Waals surface area contributed by atoms with Gasteiger partial charge in [0.1, 0.15) is 11.6 Å². The molecule has 1 aromatic heterocycles. The summed E-state index contributed by atoms with van der Waals surface area (Å²) in [5.41, 5.74) is 0.286. The Labute approximate surface area is 127 Å². The fourth-order valence-electron chi connectivity index (χ4n) is 1.84. The van der Waals surface area contributed by atoms with Crippen molar-refractivity contribution in [3.8, 4) is 0 Å². The molecule has 0 radical (unpaired) electrons. The zero-order chi connectivity index (χ0) is 14.0. The molecule has 1 heterocycles. The molecule has 19 heavy (non-hydrogen) atoms. The molecule has 1 nitrogen and oxygen atoms in total. The SMILES string of the molecule is CNC(Cc1ccc(Br)s1)c1cc(F)c(Cl)cc1F. The van der Waals surface area contributed by atoms with Crippen LogP contribution < -0.4 is 5.32 Å². The number of halogens is 4. The summed E-state index contributed by atoms with van der Waals surface area (Å²) < 4.78 is 28.4. The van der Waals surface area contributed by atoms with Gasteiger partial charge in [-0.05, 0) is 47.2 Å². The molecular formula is C13H11BrClF2NS. The van der Waals surface area contributed by atoms with Crippen molar-refractivity contribution in [1.29, 1.82) is 0 Å². The van der Waals surface area contributed by atoms with Crippen molar-refractivity contribution in [2.24, 2.45) is 0 Å². The highest BCUT2D eigenvalue weighted by Gasteiger charge is 2.18. The Morgan fingerprint density at radius 2 is 2.05 bits per heavy atom. The maximum Gasteiger partial charge on any atom is 0.142 e. The first kappa shape index (κ1) is 14.9. The summed E-state index contributed by atoms with van der Waals surface area (Å²) in [6, 6.07) is 5.77. The van der Waals surface area contributed by atoms with E-state index >= 15 is 0 Å². The fraction of sp³-hybridized carbons (Fsp3) is 0.231. The number of hydrogen-bond donors (Lipinski definition) is 1. The first-order valence-electron chi connectivity index (χ1n) is 5.57. The lowest BCUT2D eigenvalue weighted by atomic mass is 10.0. The van der Waals surface area contributed by atoms with Crippen molar-refractivity contribution in [1.82, 2.24) is 5.32 Å². The van der Waals surface area contributed by atoms with E-state index in [4.69, 9.17) is 11.6 Å². The number of thiophene rings is 1. The Balaban J connectivity index is 2.29. The van der Waals surface area contributed by atoms with Gasteiger partial charge in [-0.2, -0.15) is 0 Å². The van der Waals surface area contributed by atoms with Crippen LogP contribution in [0.2, 0.25) is 5.02 Å². The Kier molecular flexibility index (Phi) is 4.95. The largest absolute Gasteiger partial charge is 0.313 e. The molecule has 1 unspecified atom stereocenters. The molecule has 1 aromatic carbocycles. The summed E-state index contributed by atoms with van der Waals surface area (Å²) in [6.07, 6.45) is 0.588. The van der Waals surface area contributed by atoms with Crippen LogP contribution in [0.5, 0.6) is 0 Å². The van der Waals surface area contributed by atoms with Crippen LogP contribution in [0.4, 0.5) is 8.78 Å². The molecule has 1 N–H and O–H groups in total. The minimum Gasteiger partial charge on any atom is -0.313 e. The van der Waals surface area contributed by atoms with E-state index in [2.05, 4.69) is 21.2 Å². The van der Waals surface area contributed by atoms with Crippen molar-refractivity contribution in [3.05, 3.63) is 55.1 Å². The zero-order valence-electron chi connectivity index (χ0n) is 10.0. The van der Waals surface area contributed by atoms with E-state index in [1.165, 1.54) is 0 Å². The topological polar surface area (TPSA) is 12.0 Å². The Bertz CT molecular complexity index is 588. The predicted octanol–water partition coefficient (Wildman–Crippen LogP) is 4.95. The second kappa shape index (κ2) is 6.31. The van der Waals surface area contributed by atoms with Crippen molar-refractivity contribution >= 4 is 38.9 Å². The Morgan fingerprint density at radius 3 is 2.63 bits per heavy atom. The highest BCUT2D eigenvalue weighted by atomic mass is 79.9. The lowest BCUT2D eigenvalue weighted by molar-refractivity contribution is 0.525. The first-order valence-corrected chi connectivity index (χ1v) is 7.56. The summed E-state index contributed by atoms with van der Waals surface area (Å²) in [5, 5.41) is 2.81. The molecule has 6 heteroatoms. The van der Waals surface area contributed by atoms with Crippen LogP contribution in [0.3, 0.4) is 0 Å². The summed E-state index contributed by atoms with van der Waals surface area (Å²) in [5.74, 6) is -1.10. The van der Waals surface area contributed by atoms with E-state index in [0.717, 1.165) is 20.8 Å². The van der Waals surface area contributed by atoms with Gasteiger partial charge >= 0.3 is 0 Å². The molecule has 0 amide bonds. The van der Waals surface area contributed by atoms with Crippen molar-refractivity contribution in [2.75, 3.05) is 7.05 Å². The number of benzene rings is 1. The zero-order valence-corrected chi connectivity index (χ0v) is 13.2. The molecule has 2 rings (SSSR count). The molecule has 0 saturated heterocycles. The quantitative estimate of drug-likeness (QED) is 0.755. The predicted molar refractivity (Wildman–Crippen MR) is 78.9 cm³/mol. The van der Waals surface area contributed by atoms with Crippen molar-refractivity contribution < 1.29 is 8.78 Å². The van der Waals surface area contributed by atoms with Crippen LogP contribution in [0.15, 0.2) is 28.1 Å². The molecule has 0 aliphatic rings. The molecule has 2 aromatic rings. The third-order valence-electron chi connectivity index (χ3n) is 2.80. The minimum absolute atomic E-state index is 0.199. The highest BCUT2D eigenvalue weighted by molar-refractivity contribution is 9.11. The van der Waals surface area contributed by atoms with E-state index in [-0.39, 0.29) is 16.6 Å². The van der Waals surface area contributed by atoms with Gasteiger partial charge in [-0.25, -0.2) is 8.78 Å². The van der Waals surface area contributed by atoms with Crippen LogP contribution in [0.25, 0.3) is 0 Å². The number of likely N-dealkylation sites (N-methyl/N-ethyl adjacent to an activating group) is 1. The average Bonchev–Trinajstić information content (AvgIpc) is 2.77. The van der Waals surface area contributed by atoms with Gasteiger partial charge in [0.05, 0.1) is 8.81 Å². The van der Waals surface area contributed by atoms with Crippen molar-refractivity contribution in [2.45, 2.75) is 12.5 Å². The molecule has 0 spiro atoms. The van der Waals surface area contributed by atoms with Gasteiger partial charge in [-0.3, -0.25) is 0 Å². The second-order valence-electron chi connectivity index (χ2n) is 4.04. The molecule has 0 saturated carbocycles. The monoisotopic (exact) mass is 365 g/mol. The molecule has 1 atom stereocenters. The fourth-order valence-corrected chi connectivity index (χ4v) is 3.51. The smallest absolute Gasteiger partial charge is 0.142 e. The van der Waals surface area contributed by atoms with E-state index in [9.17, 15) is 8.78 Å². The molecule has 0 aliphatic carbocycles. The van der Waals surface area contributed by atoms with E-state index in [0.29, 0.717) is 6.42 Å². The van der Waals surface area contributed by atoms with Gasteiger partial charge in [0, 0.05) is 22.9 Å². The van der Waals surface area contributed by atoms with Crippen LogP contribution >= 0.6 is 38.9 Å². The third-order valence-corrected chi connectivity index (χ3v) is 4.73. The number of nitrogens with one attached hydrogen (secondary N) is 1. The van der Waals surface area contributed by atoms with Crippen LogP contribution in [0.1, 0.15) is 16.5 Å². The second-order valence-corrected chi connectivity index (χ2v) is 6.99. The molecule has 0 bridgehead atoms. The van der Waals surface area contributed by atoms with Crippen LogP contribution in [-0.2, 0) is 6.42 Å². The summed E-state index contributed by atoms with van der Waals surface area (Å²) in [7, 11) is 1.72. The molecule has 102 valence electrons. The lowest BCUT2D eigenvalue weighted by Crippen LogP contribution is -2.20. The Morgan fingerprint density at radius 1 is 1.32 bits per heavy atom. The summed E-state index contributed by atoms with van der Waals surface area (Å²) in [4.78, 5) is 1.08. The normalized spacial score (nSPS) is 12.7. The average molecular weight is 367 g/mol. The molecule has 0 fully saturated rings. The van der Waals surface area contributed by atoms with Gasteiger partial charge in [0.25, 0.3) is 0 Å². The van der Waals surface area contributed by atoms with Gasteiger partial charge in [-0.1, -0.05) is 11.6 Å². The van der Waals surface area contributed by atoms with E-state index in [1.807, 2.05) is 12.1 Å². The van der Waals surface area contributed by atoms with E-state index < -0.39 is 11.6 Å². The summed E-state index contributed by atoms with van der Waals surface area (Å²) in [6.45, 7) is 0. The maximum atomic E-state index is 13.9. The minimum atomic E-state index is -0.606. The first-order chi connectivity index (χ1) is 9.01. The lowest BCUT2D eigenvalue weighted by Gasteiger charge is -2.17. The van der Waals surface area contributed by atoms with Crippen LogP contribution in [0, 0.1) is 11.6 Å². The third kappa shape index (κ3) is 3.54. The standard InChI is InChI=1S/C13H11BrClF2NS/c1-18-12(4-7-2-3-13(14)19-7)8-5-11(17)9(15)6-10(8)16/h2-3,5-6,12,18H,4H2,1H3. The maximum absolute atomic E-state index is 13.9. The van der Waals surface area contributed by atoms with Gasteiger partial charge in [-0.15, -0.1) is 11.3 Å². The number of hydrogen-bond acceptors (Lipinski definition) is 2. The Hall–Kier alpha value is -0.490. The van der Waals surface area contributed by atoms with Gasteiger partial charge in [0.15, 0.2) is 0 Å². The van der Waals surface area contributed by atoms with Crippen LogP contribution in [-0.4, -0.2) is 7.05 Å². The molecule has 0 aliphatic heterocycles. The van der Waals surface area contributed by atoms with Gasteiger partial charge in [0.2, 0.25) is 0 Å². The van der Waals surface area contributed by atoms with Gasteiger partial charge < -0.3 is 5.32 Å². The summed E-state index contributed by atoms with van der Waals surface area (Å²) >= 11 is 10.5. The molecular weight excluding hydrogens is 356 g/mol. The van der Waals surface area contributed by atoms with E-state index in [1.54, 1.807) is 18.4 Å². The number of rotatable bonds is 4.